The number of carbonyl (C=O) groups is 4. The van der Waals surface area contributed by atoms with Gasteiger partial charge in [-0.05, 0) is 86.3 Å². The zero-order valence-electron chi connectivity index (χ0n) is 28.5. The summed E-state index contributed by atoms with van der Waals surface area (Å²) in [6.07, 6.45) is 2.24. The molecule has 0 radical (unpaired) electrons. The lowest BCUT2D eigenvalue weighted by molar-refractivity contribution is -0.131. The second kappa shape index (κ2) is 11.9. The molecule has 1 saturated carbocycles. The molecule has 2 aliphatic heterocycles. The molecule has 2 saturated heterocycles. The van der Waals surface area contributed by atoms with Crippen molar-refractivity contribution in [1.29, 1.82) is 0 Å². The molecule has 0 bridgehead atoms. The molecule has 3 fully saturated rings. The first kappa shape index (κ1) is 33.1. The van der Waals surface area contributed by atoms with Crippen LogP contribution in [0.15, 0.2) is 101 Å². The number of hydrogen-bond acceptors (Lipinski definition) is 8. The molecule has 4 aliphatic rings. The number of ether oxygens (including phenoxy) is 1. The zero-order chi connectivity index (χ0) is 36.9. The number of phenols is 1. The molecule has 4 aromatic carbocycles. The van der Waals surface area contributed by atoms with Crippen molar-refractivity contribution in [3.05, 3.63) is 113 Å². The molecule has 5 aromatic rings. The van der Waals surface area contributed by atoms with E-state index in [1.54, 1.807) is 43.3 Å². The Morgan fingerprint density at radius 3 is 2.38 bits per heavy atom. The van der Waals surface area contributed by atoms with Gasteiger partial charge in [0.25, 0.3) is 0 Å². The van der Waals surface area contributed by atoms with Crippen molar-refractivity contribution in [3.8, 4) is 23.0 Å². The number of rotatable bonds is 5. The molecule has 1 aromatic heterocycles. The monoisotopic (exact) mass is 731 g/mol. The van der Waals surface area contributed by atoms with Crippen LogP contribution in [0.1, 0.15) is 31.2 Å². The summed E-state index contributed by atoms with van der Waals surface area (Å²) in [5.74, 6) is -5.75. The fourth-order valence-corrected chi connectivity index (χ4v) is 9.30. The number of methoxy groups -OCH3 is 1. The molecule has 3 heterocycles. The summed E-state index contributed by atoms with van der Waals surface area (Å²) in [6.45, 7) is 1.70. The van der Waals surface area contributed by atoms with Crippen LogP contribution in [0.5, 0.6) is 11.5 Å². The fourth-order valence-electron chi connectivity index (χ4n) is 9.13. The van der Waals surface area contributed by atoms with Gasteiger partial charge < -0.3 is 14.3 Å². The van der Waals surface area contributed by atoms with E-state index in [9.17, 15) is 28.7 Å². The van der Waals surface area contributed by atoms with Gasteiger partial charge in [0.2, 0.25) is 29.5 Å². The van der Waals surface area contributed by atoms with E-state index in [0.717, 1.165) is 11.0 Å². The molecule has 266 valence electrons. The summed E-state index contributed by atoms with van der Waals surface area (Å²) in [4.78, 5) is 64.4. The number of imide groups is 2. The normalized spacial score (nSPS) is 26.5. The SMILES string of the molecule is COc1ccc([C@H]2C3=CC[C@@H]4C(=O)N(c5ccc(-c6nc7ccccc7o6)cc5)C(=O)[C@@H]4[C@@H]3C[C@H]3C(=O)N(c4ccc(F)c(Cl)c4)C(=O)[C@@]23C)c(O)c1. The second-order valence-electron chi connectivity index (χ2n) is 14.2. The first-order valence-corrected chi connectivity index (χ1v) is 17.6. The van der Waals surface area contributed by atoms with E-state index in [1.165, 1.54) is 30.2 Å². The standard InChI is InChI=1S/C41H31ClFN3O7/c1-41-28(38(49)46(40(41)51)22-11-16-30(43)29(42)17-22)19-27-24(35(41)25-13-12-23(52-2)18-32(25)47)14-15-26-34(27)39(50)45(37(26)48)21-9-7-20(8-10-21)36-44-31-5-3-4-6-33(31)53-36/h3-14,16-18,26-28,34-35,47H,15,19H2,1-2H3/t26-,27+,28-,34-,35+,41+/m0/s1. The van der Waals surface area contributed by atoms with Gasteiger partial charge in [-0.2, -0.15) is 0 Å². The van der Waals surface area contributed by atoms with Crippen molar-refractivity contribution in [3.63, 3.8) is 0 Å². The summed E-state index contributed by atoms with van der Waals surface area (Å²) < 4.78 is 25.4. The van der Waals surface area contributed by atoms with Crippen LogP contribution < -0.4 is 14.5 Å². The van der Waals surface area contributed by atoms with Crippen LogP contribution in [-0.2, 0) is 19.2 Å². The third kappa shape index (κ3) is 4.72. The summed E-state index contributed by atoms with van der Waals surface area (Å²) in [5.41, 5.74) is 2.22. The number of phenolic OH excluding ortho intramolecular Hbond substituents is 1. The highest BCUT2D eigenvalue weighted by Gasteiger charge is 2.68. The van der Waals surface area contributed by atoms with Crippen LogP contribution in [0, 0.1) is 34.9 Å². The van der Waals surface area contributed by atoms with Gasteiger partial charge in [-0.1, -0.05) is 41.4 Å². The van der Waals surface area contributed by atoms with Gasteiger partial charge in [0.15, 0.2) is 5.58 Å². The molecule has 0 spiro atoms. The van der Waals surface area contributed by atoms with Crippen molar-refractivity contribution >= 4 is 57.7 Å². The van der Waals surface area contributed by atoms with Gasteiger partial charge in [0, 0.05) is 23.1 Å². The smallest absolute Gasteiger partial charge is 0.241 e. The predicted octanol–water partition coefficient (Wildman–Crippen LogP) is 7.44. The molecule has 6 atom stereocenters. The Balaban J connectivity index is 1.11. The van der Waals surface area contributed by atoms with E-state index < -0.39 is 58.5 Å². The van der Waals surface area contributed by atoms with Gasteiger partial charge in [0.05, 0.1) is 46.7 Å². The Morgan fingerprint density at radius 2 is 1.66 bits per heavy atom. The van der Waals surface area contributed by atoms with Crippen molar-refractivity contribution < 1.29 is 37.8 Å². The maximum Gasteiger partial charge on any atom is 0.241 e. The zero-order valence-corrected chi connectivity index (χ0v) is 29.2. The van der Waals surface area contributed by atoms with E-state index in [1.807, 2.05) is 30.3 Å². The Hall–Kier alpha value is -5.81. The highest BCUT2D eigenvalue weighted by atomic mass is 35.5. The number of carbonyl (C=O) groups excluding carboxylic acids is 4. The molecule has 53 heavy (non-hydrogen) atoms. The maximum atomic E-state index is 14.6. The Bertz CT molecular complexity index is 2410. The van der Waals surface area contributed by atoms with E-state index in [2.05, 4.69) is 4.98 Å². The Morgan fingerprint density at radius 1 is 0.906 bits per heavy atom. The van der Waals surface area contributed by atoms with Crippen LogP contribution in [0.25, 0.3) is 22.6 Å². The lowest BCUT2D eigenvalue weighted by Crippen LogP contribution is -2.48. The van der Waals surface area contributed by atoms with Crippen LogP contribution in [-0.4, -0.2) is 40.8 Å². The number of nitrogens with zero attached hydrogens (tertiary/aromatic N) is 3. The number of anilines is 2. The average Bonchev–Trinajstić information content (AvgIpc) is 3.76. The van der Waals surface area contributed by atoms with E-state index in [4.69, 9.17) is 20.8 Å². The third-order valence-corrected chi connectivity index (χ3v) is 11.9. The van der Waals surface area contributed by atoms with Crippen LogP contribution in [0.2, 0.25) is 5.02 Å². The largest absolute Gasteiger partial charge is 0.508 e. The minimum absolute atomic E-state index is 0.108. The van der Waals surface area contributed by atoms with Crippen molar-refractivity contribution in [2.24, 2.45) is 29.1 Å². The predicted molar refractivity (Wildman–Crippen MR) is 193 cm³/mol. The molecule has 9 rings (SSSR count). The first-order valence-electron chi connectivity index (χ1n) is 17.3. The summed E-state index contributed by atoms with van der Waals surface area (Å²) in [5, 5.41) is 11.2. The molecule has 1 N–H and O–H groups in total. The van der Waals surface area contributed by atoms with Gasteiger partial charge in [0.1, 0.15) is 22.8 Å². The number of allylic oxidation sites excluding steroid dienone is 2. The number of oxazole rings is 1. The highest BCUT2D eigenvalue weighted by molar-refractivity contribution is 6.32. The number of fused-ring (bicyclic) bond motifs is 5. The molecular formula is C41H31ClFN3O7. The average molecular weight is 732 g/mol. The van der Waals surface area contributed by atoms with Gasteiger partial charge in [-0.25, -0.2) is 14.3 Å². The maximum absolute atomic E-state index is 14.6. The van der Waals surface area contributed by atoms with Crippen molar-refractivity contribution in [2.45, 2.75) is 25.7 Å². The summed E-state index contributed by atoms with van der Waals surface area (Å²) >= 11 is 6.10. The topological polar surface area (TPSA) is 130 Å². The minimum Gasteiger partial charge on any atom is -0.508 e. The molecule has 12 heteroatoms. The van der Waals surface area contributed by atoms with E-state index in [0.29, 0.717) is 45.1 Å². The van der Waals surface area contributed by atoms with Crippen LogP contribution >= 0.6 is 11.6 Å². The third-order valence-electron chi connectivity index (χ3n) is 11.7. The number of para-hydroxylation sites is 2. The van der Waals surface area contributed by atoms with E-state index in [-0.39, 0.29) is 35.2 Å². The Labute approximate surface area is 307 Å². The second-order valence-corrected chi connectivity index (χ2v) is 14.6. The molecular weight excluding hydrogens is 701 g/mol. The molecule has 4 amide bonds. The lowest BCUT2D eigenvalue weighted by atomic mass is 9.51. The van der Waals surface area contributed by atoms with Crippen molar-refractivity contribution in [2.75, 3.05) is 16.9 Å². The van der Waals surface area contributed by atoms with Crippen LogP contribution in [0.4, 0.5) is 15.8 Å². The first-order chi connectivity index (χ1) is 25.5. The quantitative estimate of drug-likeness (QED) is 0.146. The highest BCUT2D eigenvalue weighted by Crippen LogP contribution is 2.64. The molecule has 10 nitrogen and oxygen atoms in total. The number of hydrogen-bond donors (Lipinski definition) is 1. The fraction of sp³-hybridized carbons (Fsp3) is 0.244. The number of amides is 4. The molecule has 0 unspecified atom stereocenters. The van der Waals surface area contributed by atoms with Gasteiger partial charge in [-0.15, -0.1) is 0 Å². The number of aromatic hydroxyl groups is 1. The van der Waals surface area contributed by atoms with Crippen molar-refractivity contribution in [1.82, 2.24) is 4.98 Å². The lowest BCUT2D eigenvalue weighted by Gasteiger charge is -2.49. The number of halogens is 2. The Kier molecular flexibility index (Phi) is 7.40. The number of benzene rings is 4. The minimum atomic E-state index is -1.41. The molecule has 2 aliphatic carbocycles. The van der Waals surface area contributed by atoms with Gasteiger partial charge in [-0.3, -0.25) is 24.1 Å². The summed E-state index contributed by atoms with van der Waals surface area (Å²) in [6, 6.07) is 22.7. The van der Waals surface area contributed by atoms with Crippen LogP contribution in [0.3, 0.4) is 0 Å². The van der Waals surface area contributed by atoms with E-state index >= 15 is 0 Å². The summed E-state index contributed by atoms with van der Waals surface area (Å²) in [7, 11) is 1.47. The van der Waals surface area contributed by atoms with Gasteiger partial charge >= 0.3 is 0 Å². The number of aromatic nitrogens is 1.